The maximum Gasteiger partial charge on any atom is 0.433 e. The Morgan fingerprint density at radius 2 is 1.89 bits per heavy atom. The number of aromatic nitrogens is 3. The Morgan fingerprint density at radius 1 is 1.16 bits per heavy atom. The van der Waals surface area contributed by atoms with E-state index in [0.29, 0.717) is 5.56 Å². The molecule has 2 rings (SSSR count). The van der Waals surface area contributed by atoms with Gasteiger partial charge in [-0.3, -0.25) is 4.98 Å². The standard InChI is InChI=1S/C12H11F3N4/c1-7-3-4-8(6-17-7)9-5-10(12(13,14)15)19-11(16-2)18-9/h3-6H,1-2H3,(H,16,18,19). The van der Waals surface area contributed by atoms with Gasteiger partial charge in [0.15, 0.2) is 5.69 Å². The molecule has 0 aliphatic heterocycles. The van der Waals surface area contributed by atoms with Crippen LogP contribution >= 0.6 is 0 Å². The number of anilines is 1. The van der Waals surface area contributed by atoms with E-state index >= 15 is 0 Å². The van der Waals surface area contributed by atoms with E-state index in [1.54, 1.807) is 19.1 Å². The van der Waals surface area contributed by atoms with E-state index in [1.807, 2.05) is 0 Å². The van der Waals surface area contributed by atoms with Crippen molar-refractivity contribution in [2.75, 3.05) is 12.4 Å². The lowest BCUT2D eigenvalue weighted by Crippen LogP contribution is -2.11. The zero-order valence-electron chi connectivity index (χ0n) is 10.3. The molecule has 1 N–H and O–H groups in total. The second-order valence-corrected chi connectivity index (χ2v) is 3.90. The van der Waals surface area contributed by atoms with Crippen molar-refractivity contribution < 1.29 is 13.2 Å². The molecule has 2 aromatic heterocycles. The van der Waals surface area contributed by atoms with Crippen LogP contribution in [0.2, 0.25) is 0 Å². The molecular formula is C12H11F3N4. The highest BCUT2D eigenvalue weighted by Gasteiger charge is 2.33. The number of hydrogen-bond acceptors (Lipinski definition) is 4. The van der Waals surface area contributed by atoms with Crippen molar-refractivity contribution in [3.8, 4) is 11.3 Å². The number of nitrogens with one attached hydrogen (secondary N) is 1. The third kappa shape index (κ3) is 2.98. The SMILES string of the molecule is CNc1nc(-c2ccc(C)nc2)cc(C(F)(F)F)n1. The minimum absolute atomic E-state index is 0.0783. The Balaban J connectivity index is 2.54. The summed E-state index contributed by atoms with van der Waals surface area (Å²) in [5.74, 6) is -0.0783. The summed E-state index contributed by atoms with van der Waals surface area (Å²) in [6.45, 7) is 1.80. The minimum Gasteiger partial charge on any atom is -0.357 e. The van der Waals surface area contributed by atoms with Crippen LogP contribution in [0.5, 0.6) is 0 Å². The molecule has 19 heavy (non-hydrogen) atoms. The summed E-state index contributed by atoms with van der Waals surface area (Å²) in [6.07, 6.45) is -3.03. The molecule has 0 bridgehead atoms. The van der Waals surface area contributed by atoms with Crippen molar-refractivity contribution in [2.24, 2.45) is 0 Å². The molecule has 0 atom stereocenters. The fourth-order valence-electron chi connectivity index (χ4n) is 1.47. The van der Waals surface area contributed by atoms with E-state index in [1.165, 1.54) is 13.2 Å². The Kier molecular flexibility index (Phi) is 3.37. The summed E-state index contributed by atoms with van der Waals surface area (Å²) in [5.41, 5.74) is 0.485. The van der Waals surface area contributed by atoms with Crippen LogP contribution in [0.1, 0.15) is 11.4 Å². The van der Waals surface area contributed by atoms with Crippen LogP contribution in [-0.4, -0.2) is 22.0 Å². The summed E-state index contributed by atoms with van der Waals surface area (Å²) < 4.78 is 38.2. The molecular weight excluding hydrogens is 257 g/mol. The topological polar surface area (TPSA) is 50.7 Å². The van der Waals surface area contributed by atoms with Crippen LogP contribution in [0.15, 0.2) is 24.4 Å². The highest BCUT2D eigenvalue weighted by atomic mass is 19.4. The maximum atomic E-state index is 12.7. The number of halogens is 3. The minimum atomic E-state index is -4.51. The van der Waals surface area contributed by atoms with Gasteiger partial charge in [-0.05, 0) is 25.1 Å². The molecule has 2 heterocycles. The van der Waals surface area contributed by atoms with Crippen LogP contribution in [0.25, 0.3) is 11.3 Å². The average Bonchev–Trinajstić information content (AvgIpc) is 2.38. The largest absolute Gasteiger partial charge is 0.433 e. The maximum absolute atomic E-state index is 12.7. The van der Waals surface area contributed by atoms with Gasteiger partial charge in [-0.25, -0.2) is 9.97 Å². The second kappa shape index (κ2) is 4.83. The molecule has 2 aromatic rings. The lowest BCUT2D eigenvalue weighted by molar-refractivity contribution is -0.141. The van der Waals surface area contributed by atoms with Crippen LogP contribution in [0, 0.1) is 6.92 Å². The average molecular weight is 268 g/mol. The van der Waals surface area contributed by atoms with Crippen LogP contribution in [0.4, 0.5) is 19.1 Å². The van der Waals surface area contributed by atoms with Gasteiger partial charge in [0.05, 0.1) is 5.69 Å². The van der Waals surface area contributed by atoms with Crippen molar-refractivity contribution in [2.45, 2.75) is 13.1 Å². The van der Waals surface area contributed by atoms with E-state index in [-0.39, 0.29) is 11.6 Å². The lowest BCUT2D eigenvalue weighted by Gasteiger charge is -2.10. The van der Waals surface area contributed by atoms with Crippen molar-refractivity contribution >= 4 is 5.95 Å². The third-order valence-corrected chi connectivity index (χ3v) is 2.45. The molecule has 0 amide bonds. The summed E-state index contributed by atoms with van der Waals surface area (Å²) in [7, 11) is 1.46. The van der Waals surface area contributed by atoms with Gasteiger partial charge in [0, 0.05) is 24.5 Å². The molecule has 0 saturated carbocycles. The van der Waals surface area contributed by atoms with Gasteiger partial charge in [-0.2, -0.15) is 13.2 Å². The molecule has 0 fully saturated rings. The van der Waals surface area contributed by atoms with Gasteiger partial charge in [-0.15, -0.1) is 0 Å². The molecule has 100 valence electrons. The summed E-state index contributed by atoms with van der Waals surface area (Å²) in [5, 5.41) is 2.52. The molecule has 0 radical (unpaired) electrons. The van der Waals surface area contributed by atoms with E-state index in [4.69, 9.17) is 0 Å². The Hall–Kier alpha value is -2.18. The quantitative estimate of drug-likeness (QED) is 0.909. The van der Waals surface area contributed by atoms with E-state index in [0.717, 1.165) is 11.8 Å². The van der Waals surface area contributed by atoms with Gasteiger partial charge >= 0.3 is 6.18 Å². The molecule has 4 nitrogen and oxygen atoms in total. The summed E-state index contributed by atoms with van der Waals surface area (Å²) >= 11 is 0. The molecule has 0 aliphatic carbocycles. The van der Waals surface area contributed by atoms with E-state index < -0.39 is 11.9 Å². The first-order chi connectivity index (χ1) is 8.90. The first-order valence-corrected chi connectivity index (χ1v) is 5.47. The zero-order valence-corrected chi connectivity index (χ0v) is 10.3. The van der Waals surface area contributed by atoms with Gasteiger partial charge < -0.3 is 5.32 Å². The number of pyridine rings is 1. The predicted molar refractivity (Wildman–Crippen MR) is 64.5 cm³/mol. The van der Waals surface area contributed by atoms with Crippen molar-refractivity contribution in [1.29, 1.82) is 0 Å². The monoisotopic (exact) mass is 268 g/mol. The number of hydrogen-bond donors (Lipinski definition) is 1. The zero-order chi connectivity index (χ0) is 14.0. The number of aryl methyl sites for hydroxylation is 1. The Bertz CT molecular complexity index is 579. The third-order valence-electron chi connectivity index (χ3n) is 2.45. The van der Waals surface area contributed by atoms with Crippen LogP contribution in [-0.2, 0) is 6.18 Å². The number of alkyl halides is 3. The highest BCUT2D eigenvalue weighted by Crippen LogP contribution is 2.30. The van der Waals surface area contributed by atoms with E-state index in [2.05, 4.69) is 20.3 Å². The first kappa shape index (κ1) is 13.3. The number of nitrogens with zero attached hydrogens (tertiary/aromatic N) is 3. The molecule has 0 aliphatic rings. The van der Waals surface area contributed by atoms with Gasteiger partial charge in [-0.1, -0.05) is 0 Å². The van der Waals surface area contributed by atoms with Gasteiger partial charge in [0.2, 0.25) is 5.95 Å². The Labute approximate surface area is 107 Å². The number of rotatable bonds is 2. The fourth-order valence-corrected chi connectivity index (χ4v) is 1.47. The molecule has 0 unspecified atom stereocenters. The Morgan fingerprint density at radius 3 is 2.42 bits per heavy atom. The smallest absolute Gasteiger partial charge is 0.357 e. The van der Waals surface area contributed by atoms with Crippen LogP contribution in [0.3, 0.4) is 0 Å². The van der Waals surface area contributed by atoms with Crippen molar-refractivity contribution in [3.63, 3.8) is 0 Å². The van der Waals surface area contributed by atoms with Crippen LogP contribution < -0.4 is 5.32 Å². The summed E-state index contributed by atoms with van der Waals surface area (Å²) in [6, 6.07) is 4.29. The molecule has 0 saturated heterocycles. The second-order valence-electron chi connectivity index (χ2n) is 3.90. The van der Waals surface area contributed by atoms with Crippen molar-refractivity contribution in [1.82, 2.24) is 15.0 Å². The summed E-state index contributed by atoms with van der Waals surface area (Å²) in [4.78, 5) is 11.4. The van der Waals surface area contributed by atoms with Crippen molar-refractivity contribution in [3.05, 3.63) is 35.8 Å². The molecule has 7 heteroatoms. The van der Waals surface area contributed by atoms with Gasteiger partial charge in [0.1, 0.15) is 0 Å². The lowest BCUT2D eigenvalue weighted by atomic mass is 10.1. The first-order valence-electron chi connectivity index (χ1n) is 5.47. The highest BCUT2D eigenvalue weighted by molar-refractivity contribution is 5.60. The molecule has 0 aromatic carbocycles. The predicted octanol–water partition coefficient (Wildman–Crippen LogP) is 2.91. The van der Waals surface area contributed by atoms with Gasteiger partial charge in [0.25, 0.3) is 0 Å². The normalized spacial score (nSPS) is 11.4. The fraction of sp³-hybridized carbons (Fsp3) is 0.250. The van der Waals surface area contributed by atoms with E-state index in [9.17, 15) is 13.2 Å². The molecule has 0 spiro atoms.